The van der Waals surface area contributed by atoms with Crippen molar-refractivity contribution in [3.05, 3.63) is 53.3 Å². The van der Waals surface area contributed by atoms with Gasteiger partial charge in [-0.2, -0.15) is 0 Å². The summed E-state index contributed by atoms with van der Waals surface area (Å²) in [6.07, 6.45) is 5.52. The Hall–Kier alpha value is -3.26. The molecule has 0 saturated carbocycles. The van der Waals surface area contributed by atoms with E-state index in [1.54, 1.807) is 57.2 Å². The quantitative estimate of drug-likeness (QED) is 0.524. The molecule has 3 aromatic rings. The van der Waals surface area contributed by atoms with Crippen molar-refractivity contribution in [1.29, 1.82) is 0 Å². The number of thiophene rings is 1. The van der Waals surface area contributed by atoms with E-state index < -0.39 is 0 Å². The minimum atomic E-state index is -0.184. The number of nitrogens with one attached hydrogen (secondary N) is 2. The lowest BCUT2D eigenvalue weighted by Crippen LogP contribution is -2.23. The van der Waals surface area contributed by atoms with Crippen LogP contribution in [0.5, 0.6) is 17.2 Å². The fourth-order valence-corrected chi connectivity index (χ4v) is 3.62. The molecule has 2 heterocycles. The molecule has 0 aliphatic carbocycles. The highest BCUT2D eigenvalue weighted by Gasteiger charge is 2.12. The van der Waals surface area contributed by atoms with Crippen LogP contribution in [0.2, 0.25) is 0 Å². The number of hydrogen-bond donors (Lipinski definition) is 2. The summed E-state index contributed by atoms with van der Waals surface area (Å²) in [5.74, 6) is 1.40. The van der Waals surface area contributed by atoms with Crippen LogP contribution >= 0.6 is 11.3 Å². The Labute approximate surface area is 173 Å². The minimum Gasteiger partial charge on any atom is -0.493 e. The maximum absolute atomic E-state index is 12.2. The van der Waals surface area contributed by atoms with E-state index in [1.165, 1.54) is 6.08 Å². The normalized spacial score (nSPS) is 10.9. The average molecular weight is 413 g/mol. The van der Waals surface area contributed by atoms with Gasteiger partial charge in [0.25, 0.3) is 0 Å². The van der Waals surface area contributed by atoms with Gasteiger partial charge in [-0.25, -0.2) is 4.98 Å². The van der Waals surface area contributed by atoms with Crippen LogP contribution < -0.4 is 19.5 Å². The number of rotatable bonds is 9. The first kappa shape index (κ1) is 20.5. The van der Waals surface area contributed by atoms with E-state index in [1.807, 2.05) is 17.5 Å². The second kappa shape index (κ2) is 9.79. The molecule has 0 atom stereocenters. The van der Waals surface area contributed by atoms with Crippen molar-refractivity contribution < 1.29 is 19.0 Å². The Morgan fingerprint density at radius 2 is 1.97 bits per heavy atom. The number of methoxy groups -OCH3 is 3. The van der Waals surface area contributed by atoms with Crippen molar-refractivity contribution in [3.8, 4) is 27.8 Å². The highest BCUT2D eigenvalue weighted by Crippen LogP contribution is 2.38. The predicted molar refractivity (Wildman–Crippen MR) is 114 cm³/mol. The Balaban J connectivity index is 1.59. The third-order valence-corrected chi connectivity index (χ3v) is 5.14. The minimum absolute atomic E-state index is 0.184. The Kier molecular flexibility index (Phi) is 6.91. The van der Waals surface area contributed by atoms with E-state index in [2.05, 4.69) is 15.3 Å². The van der Waals surface area contributed by atoms with Crippen LogP contribution in [0.1, 0.15) is 11.3 Å². The Morgan fingerprint density at radius 1 is 1.21 bits per heavy atom. The molecule has 3 rings (SSSR count). The van der Waals surface area contributed by atoms with E-state index in [0.29, 0.717) is 30.2 Å². The maximum Gasteiger partial charge on any atom is 0.244 e. The lowest BCUT2D eigenvalue weighted by molar-refractivity contribution is -0.116. The molecule has 0 spiro atoms. The number of imidazole rings is 1. The van der Waals surface area contributed by atoms with Gasteiger partial charge in [0.1, 0.15) is 5.69 Å². The fourth-order valence-electron chi connectivity index (χ4n) is 2.88. The second-order valence-electron chi connectivity index (χ2n) is 6.04. The molecular weight excluding hydrogens is 390 g/mol. The average Bonchev–Trinajstić information content (AvgIpc) is 3.43. The van der Waals surface area contributed by atoms with Crippen LogP contribution in [0.4, 0.5) is 0 Å². The molecule has 1 aromatic carbocycles. The zero-order chi connectivity index (χ0) is 20.6. The van der Waals surface area contributed by atoms with Gasteiger partial charge in [0.2, 0.25) is 11.7 Å². The lowest BCUT2D eigenvalue weighted by atomic mass is 10.1. The number of amides is 1. The Bertz CT molecular complexity index is 955. The van der Waals surface area contributed by atoms with Gasteiger partial charge in [-0.3, -0.25) is 4.79 Å². The van der Waals surface area contributed by atoms with Crippen molar-refractivity contribution in [2.45, 2.75) is 6.42 Å². The summed E-state index contributed by atoms with van der Waals surface area (Å²) >= 11 is 1.64. The fraction of sp³-hybridized carbons (Fsp3) is 0.238. The van der Waals surface area contributed by atoms with Crippen LogP contribution in [0.3, 0.4) is 0 Å². The highest BCUT2D eigenvalue weighted by atomic mass is 32.1. The summed E-state index contributed by atoms with van der Waals surface area (Å²) in [6.45, 7) is 0.499. The summed E-state index contributed by atoms with van der Waals surface area (Å²) in [5, 5.41) is 4.90. The molecule has 0 aliphatic heterocycles. The number of carbonyl (C=O) groups is 1. The molecule has 0 unspecified atom stereocenters. The van der Waals surface area contributed by atoms with Crippen LogP contribution in [-0.2, 0) is 11.2 Å². The molecule has 0 radical (unpaired) electrons. The van der Waals surface area contributed by atoms with Gasteiger partial charge < -0.3 is 24.5 Å². The van der Waals surface area contributed by atoms with Gasteiger partial charge in [-0.05, 0) is 35.2 Å². The Morgan fingerprint density at radius 3 is 2.59 bits per heavy atom. The molecule has 29 heavy (non-hydrogen) atoms. The molecule has 7 nitrogen and oxygen atoms in total. The smallest absolute Gasteiger partial charge is 0.244 e. The van der Waals surface area contributed by atoms with Gasteiger partial charge in [-0.1, -0.05) is 6.07 Å². The van der Waals surface area contributed by atoms with Crippen molar-refractivity contribution >= 4 is 23.3 Å². The van der Waals surface area contributed by atoms with E-state index in [9.17, 15) is 4.79 Å². The molecule has 152 valence electrons. The molecule has 1 amide bonds. The summed E-state index contributed by atoms with van der Waals surface area (Å²) < 4.78 is 16.0. The van der Waals surface area contributed by atoms with Crippen molar-refractivity contribution in [3.63, 3.8) is 0 Å². The van der Waals surface area contributed by atoms with Crippen molar-refractivity contribution in [2.24, 2.45) is 0 Å². The largest absolute Gasteiger partial charge is 0.493 e. The first-order chi connectivity index (χ1) is 14.2. The number of carbonyl (C=O) groups excluding carboxylic acids is 1. The molecule has 0 bridgehead atoms. The molecular formula is C21H23N3O4S. The van der Waals surface area contributed by atoms with Crippen molar-refractivity contribution in [1.82, 2.24) is 15.3 Å². The van der Waals surface area contributed by atoms with Gasteiger partial charge >= 0.3 is 0 Å². The van der Waals surface area contributed by atoms with Gasteiger partial charge in [-0.15, -0.1) is 11.3 Å². The molecule has 0 saturated heterocycles. The number of ether oxygens (including phenoxy) is 3. The molecule has 2 N–H and O–H groups in total. The maximum atomic E-state index is 12.2. The number of aromatic nitrogens is 2. The van der Waals surface area contributed by atoms with E-state index in [4.69, 9.17) is 14.2 Å². The number of aromatic amines is 1. The molecule has 0 aliphatic rings. The topological polar surface area (TPSA) is 85.5 Å². The zero-order valence-electron chi connectivity index (χ0n) is 16.5. The van der Waals surface area contributed by atoms with Crippen molar-refractivity contribution in [2.75, 3.05) is 27.9 Å². The molecule has 0 fully saturated rings. The van der Waals surface area contributed by atoms with Crippen LogP contribution in [0.25, 0.3) is 16.6 Å². The lowest BCUT2D eigenvalue weighted by Gasteiger charge is -2.12. The van der Waals surface area contributed by atoms with Gasteiger partial charge in [0.15, 0.2) is 11.5 Å². The van der Waals surface area contributed by atoms with E-state index >= 15 is 0 Å². The van der Waals surface area contributed by atoms with Crippen LogP contribution in [-0.4, -0.2) is 43.7 Å². The van der Waals surface area contributed by atoms with E-state index in [0.717, 1.165) is 21.8 Å². The summed E-state index contributed by atoms with van der Waals surface area (Å²) in [5.41, 5.74) is 2.70. The SMILES string of the molecule is COc1cc(/C=C/C(=O)NCCc2[nH]cnc2-c2cccs2)cc(OC)c1OC. The first-order valence-corrected chi connectivity index (χ1v) is 9.86. The first-order valence-electron chi connectivity index (χ1n) is 8.98. The monoisotopic (exact) mass is 413 g/mol. The second-order valence-corrected chi connectivity index (χ2v) is 6.99. The predicted octanol–water partition coefficient (Wildman–Crippen LogP) is 3.54. The summed E-state index contributed by atoms with van der Waals surface area (Å²) in [4.78, 5) is 20.8. The highest BCUT2D eigenvalue weighted by molar-refractivity contribution is 7.13. The van der Waals surface area contributed by atoms with Gasteiger partial charge in [0, 0.05) is 24.7 Å². The molecule has 8 heteroatoms. The van der Waals surface area contributed by atoms with Crippen LogP contribution in [0.15, 0.2) is 42.0 Å². The molecule has 2 aromatic heterocycles. The van der Waals surface area contributed by atoms with Crippen LogP contribution in [0, 0.1) is 0 Å². The third-order valence-electron chi connectivity index (χ3n) is 4.26. The summed E-state index contributed by atoms with van der Waals surface area (Å²) in [7, 11) is 4.65. The zero-order valence-corrected chi connectivity index (χ0v) is 17.3. The van der Waals surface area contributed by atoms with E-state index in [-0.39, 0.29) is 5.91 Å². The number of H-pyrrole nitrogens is 1. The summed E-state index contributed by atoms with van der Waals surface area (Å²) in [6, 6.07) is 7.59. The number of nitrogens with zero attached hydrogens (tertiary/aromatic N) is 1. The number of hydrogen-bond acceptors (Lipinski definition) is 6. The third kappa shape index (κ3) is 4.97. The van der Waals surface area contributed by atoms with Gasteiger partial charge in [0.05, 0.1) is 32.5 Å². The standard InChI is InChI=1S/C21H23N3O4S/c1-26-16-11-14(12-17(27-2)21(16)28-3)6-7-19(25)22-9-8-15-20(24-13-23-15)18-5-4-10-29-18/h4-7,10-13H,8-9H2,1-3H3,(H,22,25)(H,23,24)/b7-6+. The number of benzene rings is 1.